The Morgan fingerprint density at radius 2 is 2.19 bits per heavy atom. The topological polar surface area (TPSA) is 26.0 Å². The zero-order valence-corrected chi connectivity index (χ0v) is 10.4. The zero-order valence-electron chi connectivity index (χ0n) is 9.59. The van der Waals surface area contributed by atoms with Crippen LogP contribution in [0.2, 0.25) is 0 Å². The van der Waals surface area contributed by atoms with E-state index in [4.69, 9.17) is 5.73 Å². The van der Waals surface area contributed by atoms with Gasteiger partial charge in [0.15, 0.2) is 0 Å². The van der Waals surface area contributed by atoms with Crippen LogP contribution in [-0.2, 0) is 5.75 Å². The van der Waals surface area contributed by atoms with E-state index in [2.05, 4.69) is 25.7 Å². The summed E-state index contributed by atoms with van der Waals surface area (Å²) in [5.41, 5.74) is 7.13. The van der Waals surface area contributed by atoms with Crippen molar-refractivity contribution >= 4 is 11.8 Å². The van der Waals surface area contributed by atoms with Gasteiger partial charge in [0, 0.05) is 11.3 Å². The van der Waals surface area contributed by atoms with E-state index in [0.29, 0.717) is 11.8 Å². The monoisotopic (exact) mass is 237 g/mol. The van der Waals surface area contributed by atoms with Crippen LogP contribution in [0, 0.1) is 17.7 Å². The van der Waals surface area contributed by atoms with Gasteiger partial charge in [0.25, 0.3) is 0 Å². The maximum absolute atomic E-state index is 13.1. The summed E-state index contributed by atoms with van der Waals surface area (Å²) in [5, 5.41) is 0.556. The molecule has 1 nitrogen and oxygen atoms in total. The molecule has 3 heteroatoms. The molecule has 86 valence electrons. The summed E-state index contributed by atoms with van der Waals surface area (Å²) in [6.45, 7) is 4.58. The smallest absolute Gasteiger partial charge is 0.124 e. The summed E-state index contributed by atoms with van der Waals surface area (Å²) in [6.07, 6.45) is 0. The number of benzene rings is 1. The minimum absolute atomic E-state index is 0.250. The molecule has 1 rings (SSSR count). The molecule has 0 aromatic heterocycles. The summed E-state index contributed by atoms with van der Waals surface area (Å²) in [4.78, 5) is 0. The second-order valence-corrected chi connectivity index (χ2v) is 5.23. The van der Waals surface area contributed by atoms with E-state index in [9.17, 15) is 4.39 Å². The average Bonchev–Trinajstić information content (AvgIpc) is 2.24. The van der Waals surface area contributed by atoms with E-state index >= 15 is 0 Å². The summed E-state index contributed by atoms with van der Waals surface area (Å²) >= 11 is 1.82. The van der Waals surface area contributed by atoms with Gasteiger partial charge in [-0.05, 0) is 22.9 Å². The number of rotatable bonds is 3. The van der Waals surface area contributed by atoms with Crippen LogP contribution in [-0.4, -0.2) is 11.8 Å². The summed E-state index contributed by atoms with van der Waals surface area (Å²) in [7, 11) is 0. The molecule has 0 aliphatic heterocycles. The van der Waals surface area contributed by atoms with Crippen LogP contribution >= 0.6 is 11.8 Å². The lowest BCUT2D eigenvalue weighted by molar-refractivity contribution is 0.627. The number of hydrogen-bond acceptors (Lipinski definition) is 2. The molecule has 0 fully saturated rings. The highest BCUT2D eigenvalue weighted by Crippen LogP contribution is 2.20. The van der Waals surface area contributed by atoms with E-state index in [-0.39, 0.29) is 5.82 Å². The van der Waals surface area contributed by atoms with E-state index in [1.807, 2.05) is 11.8 Å². The van der Waals surface area contributed by atoms with E-state index < -0.39 is 0 Å². The molecular formula is C13H16FNS. The summed E-state index contributed by atoms with van der Waals surface area (Å²) < 4.78 is 13.1. The van der Waals surface area contributed by atoms with Gasteiger partial charge >= 0.3 is 0 Å². The van der Waals surface area contributed by atoms with Crippen molar-refractivity contribution in [2.75, 3.05) is 6.54 Å². The molecule has 0 radical (unpaired) electrons. The molecule has 16 heavy (non-hydrogen) atoms. The lowest BCUT2D eigenvalue weighted by Gasteiger charge is -2.07. The van der Waals surface area contributed by atoms with Crippen LogP contribution in [0.5, 0.6) is 0 Å². The molecule has 0 saturated heterocycles. The molecular weight excluding hydrogens is 221 g/mol. The van der Waals surface area contributed by atoms with Crippen LogP contribution in [0.25, 0.3) is 0 Å². The first-order valence-corrected chi connectivity index (χ1v) is 6.27. The Balaban J connectivity index is 2.89. The predicted octanol–water partition coefficient (Wildman–Crippen LogP) is 2.78. The Kier molecular flexibility index (Phi) is 5.37. The van der Waals surface area contributed by atoms with Crippen LogP contribution in [0.3, 0.4) is 0 Å². The Morgan fingerprint density at radius 1 is 1.44 bits per heavy atom. The van der Waals surface area contributed by atoms with Crippen molar-refractivity contribution in [3.05, 3.63) is 35.1 Å². The SMILES string of the molecule is CC(C)SCc1ccc(F)cc1C#CCN. The molecule has 0 unspecified atom stereocenters. The third-order valence-electron chi connectivity index (χ3n) is 1.97. The van der Waals surface area contributed by atoms with Gasteiger partial charge in [-0.1, -0.05) is 31.8 Å². The summed E-state index contributed by atoms with van der Waals surface area (Å²) in [5.74, 6) is 6.27. The molecule has 0 spiro atoms. The molecule has 0 aliphatic rings. The van der Waals surface area contributed by atoms with Crippen LogP contribution in [0.15, 0.2) is 18.2 Å². The van der Waals surface area contributed by atoms with E-state index in [0.717, 1.165) is 16.9 Å². The highest BCUT2D eigenvalue weighted by atomic mass is 32.2. The highest BCUT2D eigenvalue weighted by Gasteiger charge is 2.03. The molecule has 0 amide bonds. The lowest BCUT2D eigenvalue weighted by atomic mass is 10.1. The third kappa shape index (κ3) is 4.26. The van der Waals surface area contributed by atoms with Gasteiger partial charge in [-0.3, -0.25) is 0 Å². The summed E-state index contributed by atoms with van der Waals surface area (Å²) in [6, 6.07) is 4.74. The van der Waals surface area contributed by atoms with Gasteiger partial charge < -0.3 is 5.73 Å². The average molecular weight is 237 g/mol. The van der Waals surface area contributed by atoms with E-state index in [1.54, 1.807) is 6.07 Å². The molecule has 1 aromatic carbocycles. The number of thioether (sulfide) groups is 1. The van der Waals surface area contributed by atoms with Gasteiger partial charge in [0.2, 0.25) is 0 Å². The van der Waals surface area contributed by atoms with Crippen molar-refractivity contribution in [3.8, 4) is 11.8 Å². The fourth-order valence-electron chi connectivity index (χ4n) is 1.19. The first kappa shape index (κ1) is 13.1. The standard InChI is InChI=1S/C13H16FNS/c1-10(2)16-9-12-5-6-13(14)8-11(12)4-3-7-15/h5-6,8,10H,7,9,15H2,1-2H3. The molecule has 0 aliphatic carbocycles. The quantitative estimate of drug-likeness (QED) is 0.818. The fraction of sp³-hybridized carbons (Fsp3) is 0.385. The Bertz CT molecular complexity index is 404. The van der Waals surface area contributed by atoms with Gasteiger partial charge in [0.05, 0.1) is 6.54 Å². The van der Waals surface area contributed by atoms with Crippen molar-refractivity contribution in [1.29, 1.82) is 0 Å². The molecule has 2 N–H and O–H groups in total. The van der Waals surface area contributed by atoms with Gasteiger partial charge in [-0.15, -0.1) is 0 Å². The second-order valence-electron chi connectivity index (χ2n) is 3.67. The zero-order chi connectivity index (χ0) is 12.0. The normalized spacial score (nSPS) is 10.1. The molecule has 1 aromatic rings. The highest BCUT2D eigenvalue weighted by molar-refractivity contribution is 7.99. The second kappa shape index (κ2) is 6.57. The van der Waals surface area contributed by atoms with Crippen LogP contribution in [0.1, 0.15) is 25.0 Å². The third-order valence-corrected chi connectivity index (χ3v) is 3.11. The number of hydrogen-bond donors (Lipinski definition) is 1. The maximum atomic E-state index is 13.1. The maximum Gasteiger partial charge on any atom is 0.124 e. The van der Waals surface area contributed by atoms with Crippen molar-refractivity contribution in [1.82, 2.24) is 0 Å². The minimum atomic E-state index is -0.250. The largest absolute Gasteiger partial charge is 0.320 e. The van der Waals surface area contributed by atoms with Gasteiger partial charge in [0.1, 0.15) is 5.82 Å². The first-order chi connectivity index (χ1) is 7.63. The molecule has 0 heterocycles. The number of halogens is 1. The predicted molar refractivity (Wildman–Crippen MR) is 68.8 cm³/mol. The molecule has 0 saturated carbocycles. The fourth-order valence-corrected chi connectivity index (χ4v) is 1.96. The van der Waals surface area contributed by atoms with Crippen molar-refractivity contribution < 1.29 is 4.39 Å². The molecule has 0 bridgehead atoms. The lowest BCUT2D eigenvalue weighted by Crippen LogP contribution is -1.96. The van der Waals surface area contributed by atoms with Crippen molar-refractivity contribution in [3.63, 3.8) is 0 Å². The number of nitrogens with two attached hydrogens (primary N) is 1. The van der Waals surface area contributed by atoms with Crippen molar-refractivity contribution in [2.45, 2.75) is 24.9 Å². The van der Waals surface area contributed by atoms with E-state index in [1.165, 1.54) is 12.1 Å². The Labute approximate surface area is 101 Å². The first-order valence-electron chi connectivity index (χ1n) is 5.22. The minimum Gasteiger partial charge on any atom is -0.320 e. The van der Waals surface area contributed by atoms with Gasteiger partial charge in [-0.2, -0.15) is 11.8 Å². The Morgan fingerprint density at radius 3 is 2.81 bits per heavy atom. The molecule has 0 atom stereocenters. The van der Waals surface area contributed by atoms with Crippen LogP contribution < -0.4 is 5.73 Å². The van der Waals surface area contributed by atoms with Crippen LogP contribution in [0.4, 0.5) is 4.39 Å². The Hall–Kier alpha value is -0.980. The van der Waals surface area contributed by atoms with Gasteiger partial charge in [-0.25, -0.2) is 4.39 Å². The van der Waals surface area contributed by atoms with Crippen molar-refractivity contribution in [2.24, 2.45) is 5.73 Å².